The van der Waals surface area contributed by atoms with Crippen molar-refractivity contribution in [1.82, 2.24) is 10.2 Å². The molecular weight excluding hydrogens is 280 g/mol. The molecule has 0 saturated carbocycles. The Morgan fingerprint density at radius 1 is 1.32 bits per heavy atom. The molecule has 1 aromatic rings. The molecule has 5 nitrogen and oxygen atoms in total. The highest BCUT2D eigenvalue weighted by Gasteiger charge is 2.31. The Kier molecular flexibility index (Phi) is 4.73. The fourth-order valence-corrected chi connectivity index (χ4v) is 3.22. The van der Waals surface area contributed by atoms with Gasteiger partial charge in [-0.05, 0) is 18.4 Å². The van der Waals surface area contributed by atoms with Crippen LogP contribution in [-0.4, -0.2) is 42.5 Å². The van der Waals surface area contributed by atoms with Gasteiger partial charge in [0.15, 0.2) is 0 Å². The number of amides is 2. The molecule has 0 aromatic heterocycles. The van der Waals surface area contributed by atoms with Crippen molar-refractivity contribution < 1.29 is 14.3 Å². The smallest absolute Gasteiger partial charge is 0.225 e. The number of carbonyl (C=O) groups excluding carboxylic acids is 2. The van der Waals surface area contributed by atoms with E-state index in [4.69, 9.17) is 4.74 Å². The van der Waals surface area contributed by atoms with Crippen LogP contribution in [0.3, 0.4) is 0 Å². The summed E-state index contributed by atoms with van der Waals surface area (Å²) in [5.41, 5.74) is 1.01. The number of nitrogens with zero attached hydrogens (tertiary/aromatic N) is 1. The number of hydrogen-bond donors (Lipinski definition) is 1. The van der Waals surface area contributed by atoms with Crippen molar-refractivity contribution in [2.45, 2.75) is 37.8 Å². The standard InChI is InChI=1S/C17H22N2O3/c20-16-12-15(13-5-2-1-3-6-13)19(9-8-18-16)17(21)11-14-7-4-10-22-14/h1-3,5-6,14-15H,4,7-12H2,(H,18,20). The summed E-state index contributed by atoms with van der Waals surface area (Å²) in [7, 11) is 0. The van der Waals surface area contributed by atoms with Gasteiger partial charge in [0.05, 0.1) is 25.0 Å². The lowest BCUT2D eigenvalue weighted by Gasteiger charge is -2.30. The molecule has 2 atom stereocenters. The molecule has 5 heteroatoms. The van der Waals surface area contributed by atoms with Crippen LogP contribution in [0.5, 0.6) is 0 Å². The van der Waals surface area contributed by atoms with Gasteiger partial charge in [0, 0.05) is 19.7 Å². The fourth-order valence-electron chi connectivity index (χ4n) is 3.22. The van der Waals surface area contributed by atoms with Crippen LogP contribution in [0, 0.1) is 0 Å². The van der Waals surface area contributed by atoms with Crippen LogP contribution in [0.25, 0.3) is 0 Å². The molecule has 1 N–H and O–H groups in total. The normalized spacial score (nSPS) is 25.6. The molecule has 1 aromatic carbocycles. The Bertz CT molecular complexity index is 526. The molecule has 2 saturated heterocycles. The van der Waals surface area contributed by atoms with Gasteiger partial charge in [-0.1, -0.05) is 30.3 Å². The quantitative estimate of drug-likeness (QED) is 0.923. The second-order valence-corrected chi connectivity index (χ2v) is 5.91. The monoisotopic (exact) mass is 302 g/mol. The molecule has 2 aliphatic heterocycles. The predicted octanol–water partition coefficient (Wildman–Crippen LogP) is 1.65. The number of benzene rings is 1. The molecule has 0 spiro atoms. The Morgan fingerprint density at radius 3 is 2.86 bits per heavy atom. The summed E-state index contributed by atoms with van der Waals surface area (Å²) >= 11 is 0. The molecule has 2 amide bonds. The lowest BCUT2D eigenvalue weighted by atomic mass is 10.0. The molecular formula is C17H22N2O3. The Hall–Kier alpha value is -1.88. The van der Waals surface area contributed by atoms with Crippen molar-refractivity contribution in [1.29, 1.82) is 0 Å². The third-order valence-corrected chi connectivity index (χ3v) is 4.36. The molecule has 22 heavy (non-hydrogen) atoms. The SMILES string of the molecule is O=C1CC(c2ccccc2)N(C(=O)CC2CCCO2)CCN1. The number of carbonyl (C=O) groups is 2. The number of nitrogens with one attached hydrogen (secondary N) is 1. The number of ether oxygens (including phenoxy) is 1. The molecule has 0 bridgehead atoms. The molecule has 2 heterocycles. The fraction of sp³-hybridized carbons (Fsp3) is 0.529. The van der Waals surface area contributed by atoms with Gasteiger partial charge >= 0.3 is 0 Å². The zero-order chi connectivity index (χ0) is 15.4. The highest BCUT2D eigenvalue weighted by molar-refractivity contribution is 5.81. The molecule has 118 valence electrons. The van der Waals surface area contributed by atoms with Crippen LogP contribution >= 0.6 is 0 Å². The van der Waals surface area contributed by atoms with Gasteiger partial charge in [-0.25, -0.2) is 0 Å². The van der Waals surface area contributed by atoms with Crippen molar-refractivity contribution in [3.8, 4) is 0 Å². The number of rotatable bonds is 3. The van der Waals surface area contributed by atoms with Crippen LogP contribution in [0.2, 0.25) is 0 Å². The average Bonchev–Trinajstić information content (AvgIpc) is 2.95. The first-order valence-electron chi connectivity index (χ1n) is 7.97. The minimum Gasteiger partial charge on any atom is -0.378 e. The van der Waals surface area contributed by atoms with Gasteiger partial charge in [-0.15, -0.1) is 0 Å². The van der Waals surface area contributed by atoms with Gasteiger partial charge in [0.2, 0.25) is 11.8 Å². The molecule has 3 rings (SSSR count). The van der Waals surface area contributed by atoms with Gasteiger partial charge in [0.1, 0.15) is 0 Å². The van der Waals surface area contributed by atoms with Crippen molar-refractivity contribution in [3.05, 3.63) is 35.9 Å². The first kappa shape index (κ1) is 15.0. The van der Waals surface area contributed by atoms with Crippen LogP contribution < -0.4 is 5.32 Å². The second-order valence-electron chi connectivity index (χ2n) is 5.91. The zero-order valence-corrected chi connectivity index (χ0v) is 12.7. The Morgan fingerprint density at radius 2 is 2.14 bits per heavy atom. The Balaban J connectivity index is 1.78. The van der Waals surface area contributed by atoms with E-state index in [1.165, 1.54) is 0 Å². The minimum atomic E-state index is -0.183. The number of hydrogen-bond acceptors (Lipinski definition) is 3. The highest BCUT2D eigenvalue weighted by atomic mass is 16.5. The maximum absolute atomic E-state index is 12.7. The van der Waals surface area contributed by atoms with E-state index in [-0.39, 0.29) is 24.0 Å². The van der Waals surface area contributed by atoms with Crippen LogP contribution in [0.1, 0.15) is 37.3 Å². The summed E-state index contributed by atoms with van der Waals surface area (Å²) in [6.07, 6.45) is 2.75. The largest absolute Gasteiger partial charge is 0.378 e. The van der Waals surface area contributed by atoms with Crippen LogP contribution in [0.4, 0.5) is 0 Å². The summed E-state index contributed by atoms with van der Waals surface area (Å²) in [5, 5.41) is 2.86. The summed E-state index contributed by atoms with van der Waals surface area (Å²) in [6, 6.07) is 9.61. The molecule has 2 unspecified atom stereocenters. The van der Waals surface area contributed by atoms with Crippen molar-refractivity contribution in [2.75, 3.05) is 19.7 Å². The first-order chi connectivity index (χ1) is 10.7. The highest BCUT2D eigenvalue weighted by Crippen LogP contribution is 2.27. The van der Waals surface area contributed by atoms with Crippen LogP contribution in [0.15, 0.2) is 30.3 Å². The topological polar surface area (TPSA) is 58.6 Å². The third kappa shape index (κ3) is 3.47. The summed E-state index contributed by atoms with van der Waals surface area (Å²) < 4.78 is 5.58. The van der Waals surface area contributed by atoms with E-state index in [2.05, 4.69) is 5.32 Å². The van der Waals surface area contributed by atoms with Crippen molar-refractivity contribution in [3.63, 3.8) is 0 Å². The lowest BCUT2D eigenvalue weighted by molar-refractivity contribution is -0.136. The van der Waals surface area contributed by atoms with E-state index < -0.39 is 0 Å². The summed E-state index contributed by atoms with van der Waals surface area (Å²) in [4.78, 5) is 26.5. The molecule has 0 radical (unpaired) electrons. The predicted molar refractivity (Wildman–Crippen MR) is 82.1 cm³/mol. The van der Waals surface area contributed by atoms with E-state index in [0.29, 0.717) is 25.9 Å². The van der Waals surface area contributed by atoms with E-state index in [0.717, 1.165) is 25.0 Å². The minimum absolute atomic E-state index is 0.00118. The van der Waals surface area contributed by atoms with Crippen molar-refractivity contribution >= 4 is 11.8 Å². The summed E-state index contributed by atoms with van der Waals surface area (Å²) in [5.74, 6) is 0.0820. The van der Waals surface area contributed by atoms with E-state index in [1.807, 2.05) is 35.2 Å². The second kappa shape index (κ2) is 6.92. The van der Waals surface area contributed by atoms with E-state index >= 15 is 0 Å². The molecule has 2 aliphatic rings. The maximum Gasteiger partial charge on any atom is 0.225 e. The zero-order valence-electron chi connectivity index (χ0n) is 12.7. The average molecular weight is 302 g/mol. The first-order valence-corrected chi connectivity index (χ1v) is 7.97. The lowest BCUT2D eigenvalue weighted by Crippen LogP contribution is -2.38. The van der Waals surface area contributed by atoms with E-state index in [9.17, 15) is 9.59 Å². The van der Waals surface area contributed by atoms with E-state index in [1.54, 1.807) is 0 Å². The van der Waals surface area contributed by atoms with Crippen molar-refractivity contribution in [2.24, 2.45) is 0 Å². The van der Waals surface area contributed by atoms with Gasteiger partial charge in [-0.3, -0.25) is 9.59 Å². The maximum atomic E-state index is 12.7. The van der Waals surface area contributed by atoms with Crippen LogP contribution in [-0.2, 0) is 14.3 Å². The van der Waals surface area contributed by atoms with Gasteiger partial charge < -0.3 is 15.0 Å². The molecule has 0 aliphatic carbocycles. The molecule has 2 fully saturated rings. The summed E-state index contributed by atoms with van der Waals surface area (Å²) in [6.45, 7) is 1.82. The van der Waals surface area contributed by atoms with Gasteiger partial charge in [-0.2, -0.15) is 0 Å². The Labute approximate surface area is 130 Å². The van der Waals surface area contributed by atoms with Gasteiger partial charge in [0.25, 0.3) is 0 Å². The third-order valence-electron chi connectivity index (χ3n) is 4.36.